The van der Waals surface area contributed by atoms with E-state index in [2.05, 4.69) is 41.3 Å². The fraction of sp³-hybridized carbons (Fsp3) is 0.333. The zero-order valence-electron chi connectivity index (χ0n) is 14.3. The van der Waals surface area contributed by atoms with Crippen molar-refractivity contribution in [2.75, 3.05) is 12.4 Å². The van der Waals surface area contributed by atoms with Crippen LogP contribution in [-0.2, 0) is 6.54 Å². The maximum atomic E-state index is 5.93. The number of ether oxygens (including phenoxy) is 1. The molecule has 0 aliphatic heterocycles. The van der Waals surface area contributed by atoms with Crippen molar-refractivity contribution in [2.24, 2.45) is 10.7 Å². The third kappa shape index (κ3) is 5.99. The molecule has 0 saturated carbocycles. The van der Waals surface area contributed by atoms with Gasteiger partial charge in [0.15, 0.2) is 5.96 Å². The highest BCUT2D eigenvalue weighted by Gasteiger charge is 2.03. The van der Waals surface area contributed by atoms with Crippen LogP contribution < -0.4 is 15.8 Å². The predicted molar refractivity (Wildman–Crippen MR) is 110 cm³/mol. The number of aliphatic imine (C=N–C) groups is 1. The molecule has 1 atom stereocenters. The third-order valence-electron chi connectivity index (χ3n) is 3.80. The molecular weight excluding hydrogens is 415 g/mol. The lowest BCUT2D eigenvalue weighted by Gasteiger charge is -2.10. The molecule has 2 aromatic rings. The molecule has 0 amide bonds. The van der Waals surface area contributed by atoms with Gasteiger partial charge in [0.25, 0.3) is 0 Å². The lowest BCUT2D eigenvalue weighted by Crippen LogP contribution is -2.22. The Labute approximate surface area is 160 Å². The Kier molecular flexibility index (Phi) is 8.53. The summed E-state index contributed by atoms with van der Waals surface area (Å²) in [6.07, 6.45) is 2.86. The average Bonchev–Trinajstić information content (AvgIpc) is 2.60. The number of halogens is 1. The Bertz CT molecular complexity index is 641. The van der Waals surface area contributed by atoms with Crippen molar-refractivity contribution in [2.45, 2.75) is 32.7 Å². The smallest absolute Gasteiger partial charge is 0.212 e. The molecule has 0 radical (unpaired) electrons. The molecule has 24 heavy (non-hydrogen) atoms. The number of rotatable bonds is 6. The van der Waals surface area contributed by atoms with Gasteiger partial charge in [0, 0.05) is 18.0 Å². The summed E-state index contributed by atoms with van der Waals surface area (Å²) >= 11 is 0. The molecule has 130 valence electrons. The maximum Gasteiger partial charge on any atom is 0.212 e. The fourth-order valence-corrected chi connectivity index (χ4v) is 2.12. The first-order chi connectivity index (χ1) is 11.1. The molecule has 0 saturated heterocycles. The Morgan fingerprint density at radius 1 is 1.25 bits per heavy atom. The standard InChI is InChI=1S/C18H24N4O.HI/c1-4-13(2)15-6-8-16(9-7-15)22-18(19)21-12-14-5-10-17(23-3)20-11-14;/h5-11,13H,4,12H2,1-3H3,(H3,19,21,22);1H. The van der Waals surface area contributed by atoms with Crippen LogP contribution in [0.15, 0.2) is 47.6 Å². The maximum absolute atomic E-state index is 5.93. The van der Waals surface area contributed by atoms with E-state index in [0.717, 1.165) is 17.7 Å². The zero-order valence-corrected chi connectivity index (χ0v) is 16.7. The van der Waals surface area contributed by atoms with E-state index in [1.807, 2.05) is 24.3 Å². The van der Waals surface area contributed by atoms with E-state index < -0.39 is 0 Å². The average molecular weight is 440 g/mol. The van der Waals surface area contributed by atoms with E-state index in [9.17, 15) is 0 Å². The first-order valence-corrected chi connectivity index (χ1v) is 7.78. The van der Waals surface area contributed by atoms with Crippen molar-refractivity contribution in [3.05, 3.63) is 53.7 Å². The molecule has 1 aromatic heterocycles. The second kappa shape index (κ2) is 10.1. The first-order valence-electron chi connectivity index (χ1n) is 7.78. The number of benzene rings is 1. The molecule has 2 rings (SSSR count). The van der Waals surface area contributed by atoms with E-state index in [1.165, 1.54) is 5.56 Å². The monoisotopic (exact) mass is 440 g/mol. The van der Waals surface area contributed by atoms with Gasteiger partial charge < -0.3 is 15.8 Å². The lowest BCUT2D eigenvalue weighted by molar-refractivity contribution is 0.397. The second-order valence-electron chi connectivity index (χ2n) is 5.47. The Morgan fingerprint density at radius 2 is 1.96 bits per heavy atom. The van der Waals surface area contributed by atoms with Gasteiger partial charge in [-0.1, -0.05) is 32.0 Å². The van der Waals surface area contributed by atoms with Crippen LogP contribution in [0, 0.1) is 0 Å². The third-order valence-corrected chi connectivity index (χ3v) is 3.80. The summed E-state index contributed by atoms with van der Waals surface area (Å²) in [5, 5.41) is 3.10. The normalized spacial score (nSPS) is 12.2. The number of nitrogens with two attached hydrogens (primary N) is 1. The SMILES string of the molecule is CCC(C)c1ccc(NC(N)=NCc2ccc(OC)nc2)cc1.I. The van der Waals surface area contributed by atoms with Crippen LogP contribution in [0.1, 0.15) is 37.3 Å². The number of methoxy groups -OCH3 is 1. The van der Waals surface area contributed by atoms with E-state index >= 15 is 0 Å². The minimum atomic E-state index is 0. The van der Waals surface area contributed by atoms with E-state index in [0.29, 0.717) is 24.3 Å². The lowest BCUT2D eigenvalue weighted by atomic mass is 9.99. The number of nitrogens with one attached hydrogen (secondary N) is 1. The highest BCUT2D eigenvalue weighted by atomic mass is 127. The van der Waals surface area contributed by atoms with Gasteiger partial charge in [-0.25, -0.2) is 9.98 Å². The van der Waals surface area contributed by atoms with Crippen molar-refractivity contribution in [1.29, 1.82) is 0 Å². The largest absolute Gasteiger partial charge is 0.481 e. The summed E-state index contributed by atoms with van der Waals surface area (Å²) in [4.78, 5) is 8.46. The van der Waals surface area contributed by atoms with E-state index in [1.54, 1.807) is 13.3 Å². The van der Waals surface area contributed by atoms with Crippen LogP contribution in [0.2, 0.25) is 0 Å². The van der Waals surface area contributed by atoms with Crippen molar-refractivity contribution in [1.82, 2.24) is 4.98 Å². The number of anilines is 1. The first kappa shape index (κ1) is 20.2. The number of pyridine rings is 1. The quantitative estimate of drug-likeness (QED) is 0.402. The van der Waals surface area contributed by atoms with E-state index in [4.69, 9.17) is 10.5 Å². The van der Waals surface area contributed by atoms with Crippen molar-refractivity contribution in [3.63, 3.8) is 0 Å². The van der Waals surface area contributed by atoms with Gasteiger partial charge in [-0.3, -0.25) is 0 Å². The van der Waals surface area contributed by atoms with Gasteiger partial charge in [0.05, 0.1) is 13.7 Å². The van der Waals surface area contributed by atoms with Gasteiger partial charge in [-0.05, 0) is 35.6 Å². The molecule has 0 bridgehead atoms. The number of guanidine groups is 1. The zero-order chi connectivity index (χ0) is 16.7. The van der Waals surface area contributed by atoms with Gasteiger partial charge >= 0.3 is 0 Å². The number of nitrogens with zero attached hydrogens (tertiary/aromatic N) is 2. The summed E-state index contributed by atoms with van der Waals surface area (Å²) in [6.45, 7) is 4.89. The van der Waals surface area contributed by atoms with Crippen LogP contribution in [0.4, 0.5) is 5.69 Å². The van der Waals surface area contributed by atoms with Crippen LogP contribution in [0.25, 0.3) is 0 Å². The summed E-state index contributed by atoms with van der Waals surface area (Å²) in [5.74, 6) is 1.54. The van der Waals surface area contributed by atoms with Gasteiger partial charge in [0.2, 0.25) is 5.88 Å². The molecule has 0 fully saturated rings. The topological polar surface area (TPSA) is 72.5 Å². The molecule has 1 aromatic carbocycles. The highest BCUT2D eigenvalue weighted by Crippen LogP contribution is 2.20. The van der Waals surface area contributed by atoms with E-state index in [-0.39, 0.29) is 24.0 Å². The molecule has 1 unspecified atom stereocenters. The predicted octanol–water partition coefficient (Wildman–Crippen LogP) is 4.15. The second-order valence-corrected chi connectivity index (χ2v) is 5.47. The number of aromatic nitrogens is 1. The van der Waals surface area contributed by atoms with Crippen LogP contribution in [0.5, 0.6) is 5.88 Å². The molecule has 0 aliphatic carbocycles. The van der Waals surface area contributed by atoms with Gasteiger partial charge in [-0.2, -0.15) is 0 Å². The van der Waals surface area contributed by atoms with Crippen molar-refractivity contribution in [3.8, 4) is 5.88 Å². The van der Waals surface area contributed by atoms with Crippen molar-refractivity contribution < 1.29 is 4.74 Å². The molecule has 3 N–H and O–H groups in total. The van der Waals surface area contributed by atoms with Crippen molar-refractivity contribution >= 4 is 35.6 Å². The Hall–Kier alpha value is -1.83. The van der Waals surface area contributed by atoms with Crippen LogP contribution in [0.3, 0.4) is 0 Å². The summed E-state index contributed by atoms with van der Waals surface area (Å²) in [7, 11) is 1.59. The molecule has 0 aliphatic rings. The van der Waals surface area contributed by atoms with Gasteiger partial charge in [-0.15, -0.1) is 24.0 Å². The Morgan fingerprint density at radius 3 is 2.50 bits per heavy atom. The molecule has 0 spiro atoms. The highest BCUT2D eigenvalue weighted by molar-refractivity contribution is 14.0. The number of hydrogen-bond donors (Lipinski definition) is 2. The van der Waals surface area contributed by atoms with Crippen LogP contribution in [-0.4, -0.2) is 18.1 Å². The number of hydrogen-bond acceptors (Lipinski definition) is 3. The minimum absolute atomic E-state index is 0. The fourth-order valence-electron chi connectivity index (χ4n) is 2.12. The molecular formula is C18H25IN4O. The summed E-state index contributed by atoms with van der Waals surface area (Å²) in [6, 6.07) is 12.0. The Balaban J connectivity index is 0.00000288. The van der Waals surface area contributed by atoms with Crippen LogP contribution >= 0.6 is 24.0 Å². The summed E-state index contributed by atoms with van der Waals surface area (Å²) < 4.78 is 5.02. The minimum Gasteiger partial charge on any atom is -0.481 e. The molecule has 6 heteroatoms. The molecule has 1 heterocycles. The van der Waals surface area contributed by atoms with Gasteiger partial charge in [0.1, 0.15) is 0 Å². The summed E-state index contributed by atoms with van der Waals surface area (Å²) in [5.41, 5.74) is 9.17. The molecule has 5 nitrogen and oxygen atoms in total.